The third-order valence-electron chi connectivity index (χ3n) is 4.31. The number of rotatable bonds is 4. The summed E-state index contributed by atoms with van der Waals surface area (Å²) in [6.45, 7) is 1.98. The number of aromatic nitrogens is 2. The van der Waals surface area contributed by atoms with Gasteiger partial charge in [-0.2, -0.15) is 5.10 Å². The predicted molar refractivity (Wildman–Crippen MR) is 84.0 cm³/mol. The van der Waals surface area contributed by atoms with Crippen molar-refractivity contribution in [2.45, 2.75) is 38.2 Å². The molecule has 5 nitrogen and oxygen atoms in total. The van der Waals surface area contributed by atoms with Crippen LogP contribution in [0.3, 0.4) is 0 Å². The van der Waals surface area contributed by atoms with Gasteiger partial charge in [0.25, 0.3) is 5.91 Å². The Morgan fingerprint density at radius 2 is 2.09 bits per heavy atom. The molecule has 2 N–H and O–H groups in total. The molecule has 0 atom stereocenters. The molecule has 0 unspecified atom stereocenters. The Kier molecular flexibility index (Phi) is 4.17. The number of halogens is 1. The molecule has 1 heterocycles. The van der Waals surface area contributed by atoms with Gasteiger partial charge in [0.1, 0.15) is 11.5 Å². The first-order valence-corrected chi connectivity index (χ1v) is 7.81. The molecular formula is C17H20FN3O2. The van der Waals surface area contributed by atoms with Crippen molar-refractivity contribution in [2.24, 2.45) is 0 Å². The predicted octanol–water partition coefficient (Wildman–Crippen LogP) is 2.35. The normalized spacial score (nSPS) is 16.5. The first kappa shape index (κ1) is 15.7. The molecule has 1 amide bonds. The third-order valence-corrected chi connectivity index (χ3v) is 4.31. The highest BCUT2D eigenvalue weighted by Crippen LogP contribution is 2.28. The lowest BCUT2D eigenvalue weighted by atomic mass is 10.0. The van der Waals surface area contributed by atoms with E-state index in [1.807, 2.05) is 0 Å². The van der Waals surface area contributed by atoms with Crippen LogP contribution in [-0.2, 0) is 0 Å². The Bertz CT molecular complexity index is 720. The third kappa shape index (κ3) is 3.27. The quantitative estimate of drug-likeness (QED) is 0.909. The van der Waals surface area contributed by atoms with Gasteiger partial charge in [0.15, 0.2) is 5.69 Å². The second-order valence-corrected chi connectivity index (χ2v) is 6.15. The Balaban J connectivity index is 1.75. The van der Waals surface area contributed by atoms with E-state index >= 15 is 0 Å². The van der Waals surface area contributed by atoms with Gasteiger partial charge in [0, 0.05) is 12.2 Å². The molecule has 1 saturated carbocycles. The van der Waals surface area contributed by atoms with Crippen LogP contribution >= 0.6 is 0 Å². The highest BCUT2D eigenvalue weighted by atomic mass is 19.1. The lowest BCUT2D eigenvalue weighted by Crippen LogP contribution is -2.40. The Morgan fingerprint density at radius 1 is 1.39 bits per heavy atom. The van der Waals surface area contributed by atoms with Crippen LogP contribution in [0.25, 0.3) is 5.69 Å². The summed E-state index contributed by atoms with van der Waals surface area (Å²) in [5.41, 5.74) is 0.379. The second-order valence-electron chi connectivity index (χ2n) is 6.15. The smallest absolute Gasteiger partial charge is 0.271 e. The van der Waals surface area contributed by atoms with Gasteiger partial charge in [-0.25, -0.2) is 9.07 Å². The minimum Gasteiger partial charge on any atom is -0.388 e. The molecule has 122 valence electrons. The number of hydrogen-bond donors (Lipinski definition) is 2. The maximum atomic E-state index is 13.9. The number of aliphatic hydroxyl groups is 1. The maximum absolute atomic E-state index is 13.9. The number of para-hydroxylation sites is 1. The highest BCUT2D eigenvalue weighted by molar-refractivity contribution is 5.92. The zero-order chi connectivity index (χ0) is 16.4. The van der Waals surface area contributed by atoms with Crippen molar-refractivity contribution >= 4 is 5.91 Å². The van der Waals surface area contributed by atoms with Crippen LogP contribution in [0, 0.1) is 12.7 Å². The summed E-state index contributed by atoms with van der Waals surface area (Å²) in [7, 11) is 0. The van der Waals surface area contributed by atoms with E-state index in [0.717, 1.165) is 12.8 Å². The molecule has 1 aliphatic rings. The number of amides is 1. The van der Waals surface area contributed by atoms with Gasteiger partial charge < -0.3 is 10.4 Å². The second kappa shape index (κ2) is 6.12. The average molecular weight is 317 g/mol. The molecule has 0 bridgehead atoms. The number of nitrogens with zero attached hydrogens (tertiary/aromatic N) is 2. The van der Waals surface area contributed by atoms with Crippen molar-refractivity contribution in [2.75, 3.05) is 6.54 Å². The molecule has 0 saturated heterocycles. The fourth-order valence-corrected chi connectivity index (χ4v) is 3.00. The molecule has 2 aromatic rings. The van der Waals surface area contributed by atoms with Gasteiger partial charge >= 0.3 is 0 Å². The van der Waals surface area contributed by atoms with Crippen molar-refractivity contribution in [1.82, 2.24) is 15.1 Å². The molecule has 0 aliphatic heterocycles. The molecule has 0 radical (unpaired) electrons. The highest BCUT2D eigenvalue weighted by Gasteiger charge is 2.31. The monoisotopic (exact) mass is 317 g/mol. The van der Waals surface area contributed by atoms with Gasteiger partial charge in [0.05, 0.1) is 5.60 Å². The zero-order valence-corrected chi connectivity index (χ0v) is 13.1. The molecule has 1 aliphatic carbocycles. The molecule has 3 rings (SSSR count). The number of carbonyl (C=O) groups excluding carboxylic acids is 1. The molecular weight excluding hydrogens is 297 g/mol. The lowest BCUT2D eigenvalue weighted by Gasteiger charge is -2.21. The summed E-state index contributed by atoms with van der Waals surface area (Å²) >= 11 is 0. The van der Waals surface area contributed by atoms with Crippen molar-refractivity contribution < 1.29 is 14.3 Å². The summed E-state index contributed by atoms with van der Waals surface area (Å²) in [6.07, 6.45) is 3.37. The lowest BCUT2D eigenvalue weighted by molar-refractivity contribution is 0.0448. The van der Waals surface area contributed by atoms with E-state index in [9.17, 15) is 14.3 Å². The largest absolute Gasteiger partial charge is 0.388 e. The molecule has 6 heteroatoms. The summed E-state index contributed by atoms with van der Waals surface area (Å²) in [6, 6.07) is 7.90. The van der Waals surface area contributed by atoms with Gasteiger partial charge in [-0.3, -0.25) is 4.79 Å². The molecule has 1 aromatic heterocycles. The van der Waals surface area contributed by atoms with E-state index in [1.165, 1.54) is 10.7 Å². The Hall–Kier alpha value is -2.21. The number of aryl methyl sites for hydroxylation is 1. The Morgan fingerprint density at radius 3 is 2.78 bits per heavy atom. The molecule has 1 fully saturated rings. The fraction of sp³-hybridized carbons (Fsp3) is 0.412. The summed E-state index contributed by atoms with van der Waals surface area (Å²) in [5.74, 6) is -0.755. The average Bonchev–Trinajstić information content (AvgIpc) is 3.12. The number of hydrogen-bond acceptors (Lipinski definition) is 3. The number of carbonyl (C=O) groups is 1. The van der Waals surface area contributed by atoms with E-state index < -0.39 is 11.4 Å². The van der Waals surface area contributed by atoms with Crippen molar-refractivity contribution in [3.8, 4) is 5.69 Å². The van der Waals surface area contributed by atoms with Crippen molar-refractivity contribution in [1.29, 1.82) is 0 Å². The van der Waals surface area contributed by atoms with Crippen LogP contribution in [0.15, 0.2) is 30.3 Å². The van der Waals surface area contributed by atoms with E-state index in [4.69, 9.17) is 0 Å². The van der Waals surface area contributed by atoms with Gasteiger partial charge in [0.2, 0.25) is 0 Å². The van der Waals surface area contributed by atoms with Crippen molar-refractivity contribution in [3.05, 3.63) is 47.5 Å². The SMILES string of the molecule is Cc1cc(C(=O)NCC2(O)CCCC2)nn1-c1ccccc1F. The van der Waals surface area contributed by atoms with Crippen LogP contribution in [0.5, 0.6) is 0 Å². The van der Waals surface area contributed by atoms with E-state index in [0.29, 0.717) is 24.2 Å². The van der Waals surface area contributed by atoms with Crippen LogP contribution < -0.4 is 5.32 Å². The number of benzene rings is 1. The van der Waals surface area contributed by atoms with Crippen LogP contribution in [0.4, 0.5) is 4.39 Å². The maximum Gasteiger partial charge on any atom is 0.271 e. The van der Waals surface area contributed by atoms with E-state index in [1.54, 1.807) is 31.2 Å². The first-order chi connectivity index (χ1) is 11.0. The van der Waals surface area contributed by atoms with E-state index in [-0.39, 0.29) is 18.1 Å². The van der Waals surface area contributed by atoms with E-state index in [2.05, 4.69) is 10.4 Å². The molecule has 0 spiro atoms. The van der Waals surface area contributed by atoms with Crippen molar-refractivity contribution in [3.63, 3.8) is 0 Å². The summed E-state index contributed by atoms with van der Waals surface area (Å²) < 4.78 is 15.3. The number of nitrogens with one attached hydrogen (secondary N) is 1. The first-order valence-electron chi connectivity index (χ1n) is 7.81. The fourth-order valence-electron chi connectivity index (χ4n) is 3.00. The molecule has 23 heavy (non-hydrogen) atoms. The Labute approximate surface area is 134 Å². The van der Waals surface area contributed by atoms with Crippen LogP contribution in [-0.4, -0.2) is 32.9 Å². The minimum absolute atomic E-state index is 0.215. The molecule has 1 aromatic carbocycles. The van der Waals surface area contributed by atoms with Gasteiger partial charge in [-0.1, -0.05) is 25.0 Å². The summed E-state index contributed by atoms with van der Waals surface area (Å²) in [5, 5.41) is 17.2. The zero-order valence-electron chi connectivity index (χ0n) is 13.1. The summed E-state index contributed by atoms with van der Waals surface area (Å²) in [4.78, 5) is 12.2. The topological polar surface area (TPSA) is 67.2 Å². The minimum atomic E-state index is -0.807. The van der Waals surface area contributed by atoms with Crippen LogP contribution in [0.1, 0.15) is 41.9 Å². The van der Waals surface area contributed by atoms with Gasteiger partial charge in [-0.05, 0) is 38.0 Å². The standard InChI is InChI=1S/C17H20FN3O2/c1-12-10-14(16(22)19-11-17(23)8-4-5-9-17)20-21(12)15-7-3-2-6-13(15)18/h2-3,6-7,10,23H,4-5,8-9,11H2,1H3,(H,19,22). The van der Waals surface area contributed by atoms with Crippen LogP contribution in [0.2, 0.25) is 0 Å². The van der Waals surface area contributed by atoms with Gasteiger partial charge in [-0.15, -0.1) is 0 Å².